The summed E-state index contributed by atoms with van der Waals surface area (Å²) in [7, 11) is 1.35. The van der Waals surface area contributed by atoms with E-state index in [2.05, 4.69) is 9.72 Å². The van der Waals surface area contributed by atoms with E-state index in [1.54, 1.807) is 0 Å². The van der Waals surface area contributed by atoms with Crippen molar-refractivity contribution in [1.29, 1.82) is 0 Å². The Kier molecular flexibility index (Phi) is 3.85. The highest BCUT2D eigenvalue weighted by atomic mass is 32.2. The summed E-state index contributed by atoms with van der Waals surface area (Å²) in [6.07, 6.45) is 3.19. The molecule has 1 aromatic rings. The number of pyridine rings is 1. The van der Waals surface area contributed by atoms with Gasteiger partial charge in [-0.2, -0.15) is 0 Å². The molecule has 0 radical (unpaired) electrons. The Morgan fingerprint density at radius 3 is 2.83 bits per heavy atom. The lowest BCUT2D eigenvalue weighted by Crippen LogP contribution is -2.13. The van der Waals surface area contributed by atoms with E-state index in [1.807, 2.05) is 0 Å². The fourth-order valence-electron chi connectivity index (χ4n) is 1.66. The molecule has 98 valence electrons. The van der Waals surface area contributed by atoms with Crippen molar-refractivity contribution >= 4 is 17.7 Å². The topological polar surface area (TPSA) is 39.2 Å². The molecule has 18 heavy (non-hydrogen) atoms. The summed E-state index contributed by atoms with van der Waals surface area (Å²) in [6, 6.07) is 0.815. The number of nitrogens with zero attached hydrogens (tertiary/aromatic N) is 1. The smallest absolute Gasteiger partial charge is 0.306 e. The number of esters is 1. The zero-order valence-corrected chi connectivity index (χ0v) is 10.7. The van der Waals surface area contributed by atoms with Crippen LogP contribution in [0.25, 0.3) is 0 Å². The summed E-state index contributed by atoms with van der Waals surface area (Å²) in [5.74, 6) is -1.00. The maximum absolute atomic E-state index is 13.4. The monoisotopic (exact) mass is 273 g/mol. The Labute approximate surface area is 108 Å². The SMILES string of the molecule is COC(=O)CC1(CSc2ncc(F)cc2F)CC1. The number of aromatic nitrogens is 1. The van der Waals surface area contributed by atoms with Crippen LogP contribution in [0.3, 0.4) is 0 Å². The predicted molar refractivity (Wildman–Crippen MR) is 63.2 cm³/mol. The second kappa shape index (κ2) is 5.22. The van der Waals surface area contributed by atoms with Crippen molar-refractivity contribution in [3.8, 4) is 0 Å². The van der Waals surface area contributed by atoms with E-state index >= 15 is 0 Å². The minimum absolute atomic E-state index is 0.0970. The first-order valence-corrected chi connectivity index (χ1v) is 6.54. The molecule has 1 fully saturated rings. The zero-order valence-electron chi connectivity index (χ0n) is 9.91. The Morgan fingerprint density at radius 2 is 2.28 bits per heavy atom. The van der Waals surface area contributed by atoms with Gasteiger partial charge in [0.15, 0.2) is 5.82 Å². The average Bonchev–Trinajstić information content (AvgIpc) is 3.08. The fraction of sp³-hybridized carbons (Fsp3) is 0.500. The minimum Gasteiger partial charge on any atom is -0.469 e. The van der Waals surface area contributed by atoms with Crippen LogP contribution in [0.1, 0.15) is 19.3 Å². The van der Waals surface area contributed by atoms with Gasteiger partial charge in [-0.1, -0.05) is 0 Å². The van der Waals surface area contributed by atoms with Crippen molar-refractivity contribution in [2.75, 3.05) is 12.9 Å². The second-order valence-corrected chi connectivity index (χ2v) is 5.45. The van der Waals surface area contributed by atoms with E-state index in [9.17, 15) is 13.6 Å². The first kappa shape index (κ1) is 13.3. The molecular formula is C12H13F2NO2S. The molecule has 0 atom stereocenters. The normalized spacial score (nSPS) is 16.4. The van der Waals surface area contributed by atoms with Gasteiger partial charge in [-0.05, 0) is 18.3 Å². The van der Waals surface area contributed by atoms with E-state index in [-0.39, 0.29) is 16.4 Å². The highest BCUT2D eigenvalue weighted by Gasteiger charge is 2.44. The maximum Gasteiger partial charge on any atom is 0.306 e. The molecule has 1 saturated carbocycles. The third-order valence-corrected chi connectivity index (χ3v) is 4.32. The van der Waals surface area contributed by atoms with Gasteiger partial charge in [-0.25, -0.2) is 13.8 Å². The number of methoxy groups -OCH3 is 1. The number of thioether (sulfide) groups is 1. The Balaban J connectivity index is 1.93. The summed E-state index contributed by atoms with van der Waals surface area (Å²) in [5.41, 5.74) is -0.0970. The standard InChI is InChI=1S/C12H13F2NO2S/c1-17-10(16)5-12(2-3-12)7-18-11-9(14)4-8(13)6-15-11/h4,6H,2-3,5,7H2,1H3. The third kappa shape index (κ3) is 3.19. The highest BCUT2D eigenvalue weighted by Crippen LogP contribution is 2.52. The average molecular weight is 273 g/mol. The van der Waals surface area contributed by atoms with Crippen LogP contribution in [0.4, 0.5) is 8.78 Å². The van der Waals surface area contributed by atoms with Gasteiger partial charge in [-0.3, -0.25) is 4.79 Å². The van der Waals surface area contributed by atoms with Crippen LogP contribution < -0.4 is 0 Å². The molecule has 6 heteroatoms. The molecule has 2 rings (SSSR count). The Bertz CT molecular complexity index is 463. The van der Waals surface area contributed by atoms with E-state index in [1.165, 1.54) is 18.9 Å². The fourth-order valence-corrected chi connectivity index (χ4v) is 2.81. The number of ether oxygens (including phenoxy) is 1. The van der Waals surface area contributed by atoms with Crippen molar-refractivity contribution in [1.82, 2.24) is 4.98 Å². The number of halogens is 2. The summed E-state index contributed by atoms with van der Waals surface area (Å²) in [4.78, 5) is 14.9. The third-order valence-electron chi connectivity index (χ3n) is 2.99. The molecule has 0 aliphatic heterocycles. The lowest BCUT2D eigenvalue weighted by atomic mass is 10.1. The van der Waals surface area contributed by atoms with Gasteiger partial charge in [0.1, 0.15) is 10.8 Å². The van der Waals surface area contributed by atoms with Gasteiger partial charge in [0.2, 0.25) is 0 Å². The van der Waals surface area contributed by atoms with Gasteiger partial charge in [0, 0.05) is 11.8 Å². The summed E-state index contributed by atoms with van der Waals surface area (Å²) < 4.78 is 30.7. The number of carbonyl (C=O) groups excluding carboxylic acids is 1. The molecular weight excluding hydrogens is 260 g/mol. The van der Waals surface area contributed by atoms with Crippen molar-refractivity contribution in [3.63, 3.8) is 0 Å². The largest absolute Gasteiger partial charge is 0.469 e. The van der Waals surface area contributed by atoms with Gasteiger partial charge >= 0.3 is 5.97 Å². The molecule has 0 bridgehead atoms. The molecule has 0 N–H and O–H groups in total. The number of hydrogen-bond donors (Lipinski definition) is 0. The highest BCUT2D eigenvalue weighted by molar-refractivity contribution is 7.99. The van der Waals surface area contributed by atoms with Crippen LogP contribution in [0.2, 0.25) is 0 Å². The van der Waals surface area contributed by atoms with Gasteiger partial charge < -0.3 is 4.74 Å². The van der Waals surface area contributed by atoms with E-state index in [4.69, 9.17) is 0 Å². The van der Waals surface area contributed by atoms with Crippen molar-refractivity contribution in [2.45, 2.75) is 24.3 Å². The lowest BCUT2D eigenvalue weighted by Gasteiger charge is -2.12. The molecule has 1 aliphatic rings. The Hall–Kier alpha value is -1.17. The van der Waals surface area contributed by atoms with Crippen LogP contribution in [0, 0.1) is 17.0 Å². The van der Waals surface area contributed by atoms with Crippen LogP contribution >= 0.6 is 11.8 Å². The first-order chi connectivity index (χ1) is 8.54. The molecule has 0 aromatic carbocycles. The van der Waals surface area contributed by atoms with E-state index < -0.39 is 11.6 Å². The van der Waals surface area contributed by atoms with Gasteiger partial charge in [0.25, 0.3) is 0 Å². The van der Waals surface area contributed by atoms with Gasteiger partial charge in [0.05, 0.1) is 19.7 Å². The number of carbonyl (C=O) groups is 1. The molecule has 1 heterocycles. The van der Waals surface area contributed by atoms with Crippen LogP contribution in [0.5, 0.6) is 0 Å². The van der Waals surface area contributed by atoms with Crippen molar-refractivity contribution in [2.24, 2.45) is 5.41 Å². The number of rotatable bonds is 5. The molecule has 1 aromatic heterocycles. The van der Waals surface area contributed by atoms with Crippen LogP contribution in [-0.4, -0.2) is 23.8 Å². The minimum atomic E-state index is -0.687. The predicted octanol–water partition coefficient (Wildman–Crippen LogP) is 2.80. The summed E-state index contributed by atoms with van der Waals surface area (Å²) >= 11 is 1.22. The second-order valence-electron chi connectivity index (χ2n) is 4.48. The quantitative estimate of drug-likeness (QED) is 0.611. The Morgan fingerprint density at radius 1 is 1.56 bits per heavy atom. The van der Waals surface area contributed by atoms with E-state index in [0.29, 0.717) is 12.2 Å². The molecule has 0 saturated heterocycles. The van der Waals surface area contributed by atoms with Crippen molar-refractivity contribution < 1.29 is 18.3 Å². The summed E-state index contributed by atoms with van der Waals surface area (Å²) in [6.45, 7) is 0. The molecule has 0 amide bonds. The molecule has 0 unspecified atom stereocenters. The van der Waals surface area contributed by atoms with Crippen LogP contribution in [0.15, 0.2) is 17.3 Å². The number of hydrogen-bond acceptors (Lipinski definition) is 4. The molecule has 3 nitrogen and oxygen atoms in total. The molecule has 1 aliphatic carbocycles. The first-order valence-electron chi connectivity index (χ1n) is 5.55. The lowest BCUT2D eigenvalue weighted by molar-refractivity contribution is -0.141. The van der Waals surface area contributed by atoms with Crippen molar-refractivity contribution in [3.05, 3.63) is 23.9 Å². The maximum atomic E-state index is 13.4. The molecule has 0 spiro atoms. The van der Waals surface area contributed by atoms with Crippen LogP contribution in [-0.2, 0) is 9.53 Å². The zero-order chi connectivity index (χ0) is 13.2. The van der Waals surface area contributed by atoms with Gasteiger partial charge in [-0.15, -0.1) is 11.8 Å². The summed E-state index contributed by atoms with van der Waals surface area (Å²) in [5, 5.41) is 0.174. The van der Waals surface area contributed by atoms with E-state index in [0.717, 1.165) is 25.1 Å².